The minimum atomic E-state index is -0.401. The van der Waals surface area contributed by atoms with Crippen molar-refractivity contribution in [1.29, 1.82) is 0 Å². The van der Waals surface area contributed by atoms with E-state index in [0.717, 1.165) is 34.4 Å². The summed E-state index contributed by atoms with van der Waals surface area (Å²) in [6.07, 6.45) is 4.89. The molecule has 5 rings (SSSR count). The van der Waals surface area contributed by atoms with Crippen molar-refractivity contribution in [2.24, 2.45) is 4.99 Å². The lowest BCUT2D eigenvalue weighted by atomic mass is 9.92. The Kier molecular flexibility index (Phi) is 4.77. The van der Waals surface area contributed by atoms with Crippen LogP contribution in [-0.2, 0) is 0 Å². The van der Waals surface area contributed by atoms with Gasteiger partial charge in [-0.05, 0) is 43.2 Å². The molecular formula is C20H20ClN5O2. The second kappa shape index (κ2) is 7.24. The summed E-state index contributed by atoms with van der Waals surface area (Å²) >= 11 is 0. The first-order valence-corrected chi connectivity index (χ1v) is 9.27. The molecule has 1 fully saturated rings. The third-order valence-electron chi connectivity index (χ3n) is 5.45. The molecule has 1 saturated carbocycles. The molecule has 8 heteroatoms. The molecule has 28 heavy (non-hydrogen) atoms. The largest absolute Gasteiger partial charge is 0.365 e. The van der Waals surface area contributed by atoms with Crippen molar-refractivity contribution in [1.82, 2.24) is 15.3 Å². The fraction of sp³-hybridized carbons (Fsp3) is 0.300. The van der Waals surface area contributed by atoms with Gasteiger partial charge < -0.3 is 10.3 Å². The van der Waals surface area contributed by atoms with Crippen molar-refractivity contribution >= 4 is 35.0 Å². The smallest absolute Gasteiger partial charge is 0.269 e. The Balaban J connectivity index is 0.00000192. The van der Waals surface area contributed by atoms with Crippen molar-refractivity contribution in [3.05, 3.63) is 58.1 Å². The third-order valence-corrected chi connectivity index (χ3v) is 5.45. The number of aromatic amines is 1. The molecule has 0 amide bonds. The summed E-state index contributed by atoms with van der Waals surface area (Å²) in [5.41, 5.74) is 3.75. The summed E-state index contributed by atoms with van der Waals surface area (Å²) in [5, 5.41) is 14.4. The van der Waals surface area contributed by atoms with Crippen LogP contribution in [0.1, 0.15) is 31.2 Å². The Morgan fingerprint density at radius 3 is 2.54 bits per heavy atom. The lowest BCUT2D eigenvalue weighted by molar-refractivity contribution is -0.384. The Labute approximate surface area is 167 Å². The number of aliphatic imine (C=N–C) groups is 1. The van der Waals surface area contributed by atoms with Crippen LogP contribution < -0.4 is 5.32 Å². The quantitative estimate of drug-likeness (QED) is 0.510. The fourth-order valence-corrected chi connectivity index (χ4v) is 4.01. The van der Waals surface area contributed by atoms with Crippen molar-refractivity contribution in [2.75, 3.05) is 0 Å². The number of benzene rings is 2. The van der Waals surface area contributed by atoms with E-state index in [4.69, 9.17) is 4.99 Å². The second-order valence-electron chi connectivity index (χ2n) is 7.20. The van der Waals surface area contributed by atoms with Crippen molar-refractivity contribution in [2.45, 2.75) is 37.8 Å². The summed E-state index contributed by atoms with van der Waals surface area (Å²) in [6.45, 7) is 0. The number of H-pyrrole nitrogens is 1. The Hall–Kier alpha value is -2.93. The molecule has 1 aromatic heterocycles. The maximum Gasteiger partial charge on any atom is 0.269 e. The molecule has 2 aromatic carbocycles. The Morgan fingerprint density at radius 1 is 1.04 bits per heavy atom. The maximum absolute atomic E-state index is 10.8. The minimum absolute atomic E-state index is 0. The average Bonchev–Trinajstić information content (AvgIpc) is 3.31. The van der Waals surface area contributed by atoms with Crippen molar-refractivity contribution < 1.29 is 4.92 Å². The molecular weight excluding hydrogens is 378 g/mol. The van der Waals surface area contributed by atoms with Crippen LogP contribution in [-0.4, -0.2) is 32.8 Å². The van der Waals surface area contributed by atoms with Crippen LogP contribution in [0.2, 0.25) is 0 Å². The third kappa shape index (κ3) is 3.22. The van der Waals surface area contributed by atoms with Gasteiger partial charge in [0.15, 0.2) is 0 Å². The van der Waals surface area contributed by atoms with Gasteiger partial charge in [0.1, 0.15) is 11.7 Å². The number of nitrogens with zero attached hydrogens (tertiary/aromatic N) is 3. The SMILES string of the molecule is Cl.O=[N+]([O-])c1ccc(-c2nc3ccc(C4=N[C@@H]5CCCC[C@@H]5N4)cc3[nH]2)cc1. The first-order chi connectivity index (χ1) is 13.2. The summed E-state index contributed by atoms with van der Waals surface area (Å²) in [6, 6.07) is 13.4. The van der Waals surface area contributed by atoms with E-state index in [1.165, 1.54) is 31.4 Å². The first kappa shape index (κ1) is 18.4. The normalized spacial score (nSPS) is 20.8. The average molecular weight is 398 g/mol. The van der Waals surface area contributed by atoms with Crippen LogP contribution in [0.25, 0.3) is 22.4 Å². The molecule has 144 valence electrons. The van der Waals surface area contributed by atoms with Gasteiger partial charge in [-0.25, -0.2) is 4.98 Å². The number of non-ortho nitro benzene ring substituents is 1. The van der Waals surface area contributed by atoms with Crippen LogP contribution in [0.4, 0.5) is 5.69 Å². The highest BCUT2D eigenvalue weighted by Crippen LogP contribution is 2.28. The van der Waals surface area contributed by atoms with Gasteiger partial charge in [-0.15, -0.1) is 12.4 Å². The molecule has 1 aliphatic carbocycles. The Morgan fingerprint density at radius 2 is 1.79 bits per heavy atom. The zero-order valence-corrected chi connectivity index (χ0v) is 15.9. The van der Waals surface area contributed by atoms with E-state index in [0.29, 0.717) is 17.9 Å². The van der Waals surface area contributed by atoms with E-state index in [9.17, 15) is 10.1 Å². The van der Waals surface area contributed by atoms with Gasteiger partial charge in [0.05, 0.1) is 22.0 Å². The number of nitro groups is 1. The van der Waals surface area contributed by atoms with Crippen LogP contribution >= 0.6 is 12.4 Å². The second-order valence-corrected chi connectivity index (χ2v) is 7.20. The Bertz CT molecular complexity index is 1060. The summed E-state index contributed by atoms with van der Waals surface area (Å²) < 4.78 is 0. The summed E-state index contributed by atoms with van der Waals surface area (Å²) in [5.74, 6) is 1.67. The van der Waals surface area contributed by atoms with Crippen LogP contribution in [0.5, 0.6) is 0 Å². The highest BCUT2D eigenvalue weighted by Gasteiger charge is 2.31. The van der Waals surface area contributed by atoms with E-state index in [2.05, 4.69) is 21.4 Å². The van der Waals surface area contributed by atoms with Gasteiger partial charge >= 0.3 is 0 Å². The van der Waals surface area contributed by atoms with Gasteiger partial charge in [-0.2, -0.15) is 0 Å². The van der Waals surface area contributed by atoms with Crippen molar-refractivity contribution in [3.8, 4) is 11.4 Å². The summed E-state index contributed by atoms with van der Waals surface area (Å²) in [7, 11) is 0. The number of hydrogen-bond donors (Lipinski definition) is 2. The number of fused-ring (bicyclic) bond motifs is 2. The number of halogens is 1. The minimum Gasteiger partial charge on any atom is -0.365 e. The number of imidazole rings is 1. The van der Waals surface area contributed by atoms with E-state index in [1.807, 2.05) is 12.1 Å². The molecule has 0 radical (unpaired) electrons. The molecule has 2 aliphatic rings. The molecule has 0 spiro atoms. The molecule has 2 heterocycles. The van der Waals surface area contributed by atoms with Gasteiger partial charge in [0, 0.05) is 29.3 Å². The number of hydrogen-bond acceptors (Lipinski definition) is 5. The maximum atomic E-state index is 10.8. The fourth-order valence-electron chi connectivity index (χ4n) is 4.01. The molecule has 0 bridgehead atoms. The predicted molar refractivity (Wildman–Crippen MR) is 111 cm³/mol. The summed E-state index contributed by atoms with van der Waals surface area (Å²) in [4.78, 5) is 23.2. The highest BCUT2D eigenvalue weighted by atomic mass is 35.5. The topological polar surface area (TPSA) is 96.2 Å². The highest BCUT2D eigenvalue weighted by molar-refractivity contribution is 6.02. The molecule has 3 aromatic rings. The van der Waals surface area contributed by atoms with E-state index < -0.39 is 4.92 Å². The number of aromatic nitrogens is 2. The first-order valence-electron chi connectivity index (χ1n) is 9.27. The molecule has 2 atom stereocenters. The van der Waals surface area contributed by atoms with Crippen LogP contribution in [0, 0.1) is 10.1 Å². The lowest BCUT2D eigenvalue weighted by Crippen LogP contribution is -2.36. The standard InChI is InChI=1S/C20H19N5O2.ClH/c26-25(27)14-8-5-12(6-9-14)19-23-17-10-7-13(11-18(17)24-19)20-21-15-3-1-2-4-16(15)22-20;/h5-11,15-16H,1-4H2,(H,21,22)(H,23,24);1H/t15-,16+;. The zero-order chi connectivity index (χ0) is 18.4. The van der Waals surface area contributed by atoms with Gasteiger partial charge in [-0.1, -0.05) is 12.8 Å². The number of amidine groups is 1. The van der Waals surface area contributed by atoms with Gasteiger partial charge in [0.25, 0.3) is 5.69 Å². The van der Waals surface area contributed by atoms with Crippen molar-refractivity contribution in [3.63, 3.8) is 0 Å². The van der Waals surface area contributed by atoms with Gasteiger partial charge in [0.2, 0.25) is 0 Å². The molecule has 0 saturated heterocycles. The van der Waals surface area contributed by atoms with Crippen LogP contribution in [0.3, 0.4) is 0 Å². The molecule has 7 nitrogen and oxygen atoms in total. The predicted octanol–water partition coefficient (Wildman–Crippen LogP) is 4.22. The number of rotatable bonds is 3. The van der Waals surface area contributed by atoms with E-state index in [-0.39, 0.29) is 18.1 Å². The lowest BCUT2D eigenvalue weighted by Gasteiger charge is -2.23. The molecule has 0 unspecified atom stereocenters. The van der Waals surface area contributed by atoms with Crippen LogP contribution in [0.15, 0.2) is 47.5 Å². The monoisotopic (exact) mass is 397 g/mol. The molecule has 1 aliphatic heterocycles. The number of nitro benzene ring substituents is 1. The number of nitrogens with one attached hydrogen (secondary N) is 2. The van der Waals surface area contributed by atoms with E-state index >= 15 is 0 Å². The zero-order valence-electron chi connectivity index (χ0n) is 15.1. The van der Waals surface area contributed by atoms with E-state index in [1.54, 1.807) is 12.1 Å². The van der Waals surface area contributed by atoms with Gasteiger partial charge in [-0.3, -0.25) is 15.1 Å². The molecule has 2 N–H and O–H groups in total.